The molecule has 0 atom stereocenters. The van der Waals surface area contributed by atoms with Gasteiger partial charge in [0.2, 0.25) is 0 Å². The van der Waals surface area contributed by atoms with E-state index in [-0.39, 0.29) is 5.91 Å². The Bertz CT molecular complexity index is 722. The summed E-state index contributed by atoms with van der Waals surface area (Å²) in [6.45, 7) is 3.91. The smallest absolute Gasteiger partial charge is 0.251 e. The van der Waals surface area contributed by atoms with Gasteiger partial charge in [-0.2, -0.15) is 0 Å². The molecule has 138 valence electrons. The monoisotopic (exact) mass is 352 g/mol. The van der Waals surface area contributed by atoms with Crippen LogP contribution in [0.5, 0.6) is 5.75 Å². The first kappa shape index (κ1) is 18.5. The summed E-state index contributed by atoms with van der Waals surface area (Å²) >= 11 is 0. The van der Waals surface area contributed by atoms with E-state index in [1.807, 2.05) is 12.1 Å². The maximum absolute atomic E-state index is 12.4. The molecule has 0 aromatic heterocycles. The summed E-state index contributed by atoms with van der Waals surface area (Å²) in [5.74, 6) is 0.610. The molecule has 4 nitrogen and oxygen atoms in total. The summed E-state index contributed by atoms with van der Waals surface area (Å²) in [4.78, 5) is 14.9. The average Bonchev–Trinajstić information content (AvgIpc) is 2.95. The van der Waals surface area contributed by atoms with Crippen molar-refractivity contribution in [1.29, 1.82) is 0 Å². The molecule has 1 heterocycles. The Balaban J connectivity index is 1.57. The minimum Gasteiger partial charge on any atom is -0.497 e. The van der Waals surface area contributed by atoms with Crippen molar-refractivity contribution in [1.82, 2.24) is 10.2 Å². The van der Waals surface area contributed by atoms with E-state index in [4.69, 9.17) is 4.74 Å². The van der Waals surface area contributed by atoms with Gasteiger partial charge in [0, 0.05) is 18.7 Å². The Morgan fingerprint density at radius 1 is 1.00 bits per heavy atom. The fourth-order valence-electron chi connectivity index (χ4n) is 3.44. The molecule has 0 saturated carbocycles. The number of nitrogens with one attached hydrogen (secondary N) is 1. The lowest BCUT2D eigenvalue weighted by molar-refractivity contribution is 0.0950. The van der Waals surface area contributed by atoms with Gasteiger partial charge < -0.3 is 10.1 Å². The van der Waals surface area contributed by atoms with Crippen molar-refractivity contribution in [3.8, 4) is 5.75 Å². The highest BCUT2D eigenvalue weighted by Crippen LogP contribution is 2.15. The minimum atomic E-state index is -0.0816. The van der Waals surface area contributed by atoms with Crippen molar-refractivity contribution in [2.45, 2.75) is 38.8 Å². The number of hydrogen-bond donors (Lipinski definition) is 1. The Kier molecular flexibility index (Phi) is 6.67. The number of ether oxygens (including phenoxy) is 1. The van der Waals surface area contributed by atoms with Gasteiger partial charge in [-0.3, -0.25) is 9.69 Å². The number of rotatable bonds is 6. The van der Waals surface area contributed by atoms with Crippen molar-refractivity contribution in [2.75, 3.05) is 20.2 Å². The van der Waals surface area contributed by atoms with E-state index in [1.165, 1.54) is 44.3 Å². The van der Waals surface area contributed by atoms with Crippen LogP contribution >= 0.6 is 0 Å². The maximum atomic E-state index is 12.4. The number of nitrogens with zero attached hydrogens (tertiary/aromatic N) is 1. The first-order valence-electron chi connectivity index (χ1n) is 9.47. The lowest BCUT2D eigenvalue weighted by Crippen LogP contribution is -2.24. The third kappa shape index (κ3) is 5.33. The average molecular weight is 352 g/mol. The Morgan fingerprint density at radius 3 is 2.50 bits per heavy atom. The number of hydrogen-bond acceptors (Lipinski definition) is 3. The van der Waals surface area contributed by atoms with Gasteiger partial charge in [-0.05, 0) is 55.3 Å². The summed E-state index contributed by atoms with van der Waals surface area (Å²) in [7, 11) is 1.60. The molecule has 1 aliphatic rings. The first-order chi connectivity index (χ1) is 12.7. The molecule has 1 aliphatic heterocycles. The van der Waals surface area contributed by atoms with Crippen molar-refractivity contribution < 1.29 is 9.53 Å². The number of amides is 1. The van der Waals surface area contributed by atoms with E-state index in [0.717, 1.165) is 12.1 Å². The maximum Gasteiger partial charge on any atom is 0.251 e. The van der Waals surface area contributed by atoms with E-state index in [0.29, 0.717) is 17.9 Å². The van der Waals surface area contributed by atoms with E-state index in [1.54, 1.807) is 19.2 Å². The van der Waals surface area contributed by atoms with Gasteiger partial charge in [-0.15, -0.1) is 0 Å². The molecule has 2 aromatic carbocycles. The number of carbonyl (C=O) groups excluding carboxylic acids is 1. The van der Waals surface area contributed by atoms with Crippen LogP contribution in [0.15, 0.2) is 48.5 Å². The van der Waals surface area contributed by atoms with E-state index in [2.05, 4.69) is 34.5 Å². The Labute approximate surface area is 156 Å². The molecule has 0 aliphatic carbocycles. The number of benzene rings is 2. The van der Waals surface area contributed by atoms with Gasteiger partial charge in [0.05, 0.1) is 7.11 Å². The molecule has 0 unspecified atom stereocenters. The third-order valence-corrected chi connectivity index (χ3v) is 4.88. The fraction of sp³-hybridized carbons (Fsp3) is 0.409. The summed E-state index contributed by atoms with van der Waals surface area (Å²) in [6.07, 6.45) is 5.31. The molecule has 2 aromatic rings. The second-order valence-electron chi connectivity index (χ2n) is 6.92. The summed E-state index contributed by atoms with van der Waals surface area (Å²) in [5, 5.41) is 3.00. The lowest BCUT2D eigenvalue weighted by Gasteiger charge is -2.20. The topological polar surface area (TPSA) is 41.6 Å². The van der Waals surface area contributed by atoms with Crippen molar-refractivity contribution in [3.05, 3.63) is 65.2 Å². The van der Waals surface area contributed by atoms with Gasteiger partial charge in [0.1, 0.15) is 5.75 Å². The van der Waals surface area contributed by atoms with E-state index < -0.39 is 0 Å². The molecule has 0 bridgehead atoms. The Morgan fingerprint density at radius 2 is 1.73 bits per heavy atom. The molecule has 0 radical (unpaired) electrons. The molecule has 1 N–H and O–H groups in total. The van der Waals surface area contributed by atoms with Crippen LogP contribution in [-0.2, 0) is 13.1 Å². The molecule has 0 spiro atoms. The van der Waals surface area contributed by atoms with E-state index in [9.17, 15) is 4.79 Å². The lowest BCUT2D eigenvalue weighted by atomic mass is 10.1. The number of carbonyl (C=O) groups is 1. The third-order valence-electron chi connectivity index (χ3n) is 4.88. The van der Waals surface area contributed by atoms with Crippen LogP contribution in [-0.4, -0.2) is 31.0 Å². The standard InChI is InChI=1S/C22H28N2O2/c1-26-21-11-7-10-20(15-21)22(25)23-16-18-8-6-9-19(14-18)17-24-12-4-2-3-5-13-24/h6-11,14-15H,2-5,12-13,16-17H2,1H3,(H,23,25). The SMILES string of the molecule is COc1cccc(C(=O)NCc2cccc(CN3CCCCCC3)c2)c1. The van der Waals surface area contributed by atoms with E-state index >= 15 is 0 Å². The quantitative estimate of drug-likeness (QED) is 0.854. The molecular formula is C22H28N2O2. The molecular weight excluding hydrogens is 324 g/mol. The zero-order chi connectivity index (χ0) is 18.2. The van der Waals surface area contributed by atoms with Crippen LogP contribution in [0, 0.1) is 0 Å². The van der Waals surface area contributed by atoms with Crippen LogP contribution in [0.3, 0.4) is 0 Å². The molecule has 1 amide bonds. The zero-order valence-corrected chi connectivity index (χ0v) is 15.5. The van der Waals surface area contributed by atoms with Crippen LogP contribution in [0.25, 0.3) is 0 Å². The molecule has 3 rings (SSSR count). The molecule has 4 heteroatoms. The second-order valence-corrected chi connectivity index (χ2v) is 6.92. The second kappa shape index (κ2) is 9.39. The zero-order valence-electron chi connectivity index (χ0n) is 15.5. The van der Waals surface area contributed by atoms with Gasteiger partial charge in [0.15, 0.2) is 0 Å². The van der Waals surface area contributed by atoms with Gasteiger partial charge in [-0.25, -0.2) is 0 Å². The summed E-state index contributed by atoms with van der Waals surface area (Å²) < 4.78 is 5.18. The highest BCUT2D eigenvalue weighted by atomic mass is 16.5. The molecule has 1 fully saturated rings. The predicted octanol–water partition coefficient (Wildman–Crippen LogP) is 4.00. The minimum absolute atomic E-state index is 0.0816. The highest BCUT2D eigenvalue weighted by Gasteiger charge is 2.10. The number of methoxy groups -OCH3 is 1. The Hall–Kier alpha value is -2.33. The van der Waals surface area contributed by atoms with Crippen LogP contribution in [0.4, 0.5) is 0 Å². The highest BCUT2D eigenvalue weighted by molar-refractivity contribution is 5.94. The molecule has 1 saturated heterocycles. The van der Waals surface area contributed by atoms with Crippen LogP contribution in [0.1, 0.15) is 47.2 Å². The van der Waals surface area contributed by atoms with Crippen molar-refractivity contribution >= 4 is 5.91 Å². The fourth-order valence-corrected chi connectivity index (χ4v) is 3.44. The van der Waals surface area contributed by atoms with Gasteiger partial charge in [-0.1, -0.05) is 43.2 Å². The summed E-state index contributed by atoms with van der Waals surface area (Å²) in [6, 6.07) is 15.8. The van der Waals surface area contributed by atoms with Crippen molar-refractivity contribution in [2.24, 2.45) is 0 Å². The first-order valence-corrected chi connectivity index (χ1v) is 9.47. The van der Waals surface area contributed by atoms with Crippen molar-refractivity contribution in [3.63, 3.8) is 0 Å². The summed E-state index contributed by atoms with van der Waals surface area (Å²) in [5.41, 5.74) is 3.07. The number of likely N-dealkylation sites (tertiary alicyclic amines) is 1. The predicted molar refractivity (Wildman–Crippen MR) is 104 cm³/mol. The van der Waals surface area contributed by atoms with Crippen LogP contribution < -0.4 is 10.1 Å². The largest absolute Gasteiger partial charge is 0.497 e. The molecule has 26 heavy (non-hydrogen) atoms. The van der Waals surface area contributed by atoms with Gasteiger partial charge >= 0.3 is 0 Å². The van der Waals surface area contributed by atoms with Crippen LogP contribution in [0.2, 0.25) is 0 Å². The van der Waals surface area contributed by atoms with Gasteiger partial charge in [0.25, 0.3) is 5.91 Å². The normalized spacial score (nSPS) is 15.3.